The molecule has 3 heterocycles. The molecule has 1 aromatic heterocycles. The van der Waals surface area contributed by atoms with Crippen LogP contribution in [-0.4, -0.2) is 79.6 Å². The highest BCUT2D eigenvalue weighted by Crippen LogP contribution is 2.29. The molecule has 3 aromatic rings. The summed E-state index contributed by atoms with van der Waals surface area (Å²) >= 11 is 0. The van der Waals surface area contributed by atoms with Crippen molar-refractivity contribution in [2.75, 3.05) is 57.1 Å². The van der Waals surface area contributed by atoms with Crippen molar-refractivity contribution in [2.45, 2.75) is 87.9 Å². The maximum absolute atomic E-state index is 13.3. The minimum Gasteiger partial charge on any atom is -0.397 e. The summed E-state index contributed by atoms with van der Waals surface area (Å²) in [7, 11) is -3.99. The number of anilines is 7. The Morgan fingerprint density at radius 1 is 0.824 bits per heavy atom. The lowest BCUT2D eigenvalue weighted by Gasteiger charge is -2.37. The van der Waals surface area contributed by atoms with Gasteiger partial charge in [0.15, 0.2) is 0 Å². The molecule has 0 radical (unpaired) electrons. The molecular formula is C34H53N13O3S. The van der Waals surface area contributed by atoms with Crippen LogP contribution in [0.5, 0.6) is 0 Å². The maximum atomic E-state index is 13.3. The molecule has 2 saturated heterocycles. The molecule has 2 aliphatic heterocycles. The zero-order valence-corrected chi connectivity index (χ0v) is 30.3. The highest BCUT2D eigenvalue weighted by molar-refractivity contribution is 7.92. The number of nitrogens with two attached hydrogens (primary N) is 5. The number of piperidine rings is 2. The number of hydrogen-bond donors (Lipinski definition) is 8. The second-order valence-electron chi connectivity index (χ2n) is 13.7. The zero-order chi connectivity index (χ0) is 36.7. The number of benzene rings is 2. The molecule has 2 fully saturated rings. The van der Waals surface area contributed by atoms with E-state index in [9.17, 15) is 13.2 Å². The van der Waals surface area contributed by atoms with Crippen LogP contribution in [0.3, 0.4) is 0 Å². The molecule has 0 bridgehead atoms. The minimum atomic E-state index is -3.99. The molecule has 0 spiro atoms. The fraction of sp³-hybridized carbons (Fsp3) is 0.529. The van der Waals surface area contributed by atoms with Crippen molar-refractivity contribution in [1.82, 2.24) is 15.0 Å². The number of nitrogens with zero attached hydrogens (tertiary/aromatic N) is 5. The van der Waals surface area contributed by atoms with Crippen molar-refractivity contribution in [2.24, 2.45) is 28.9 Å². The molecule has 2 aromatic carbocycles. The summed E-state index contributed by atoms with van der Waals surface area (Å²) in [5, 5.41) is 6.10. The standard InChI is InChI=1S/C34H53N13O3S/c1-3-5-6-7-21(4-2)31(48)40-26-8-11-28(12-9-26)51(49,50)45-30-13-10-27(16-29(30)39)41-32-42-33(46-17-22(35)14-23(36)18-46)44-34(43-32)47-19-24(37)15-25(38)20-47/h8-13,16,21-25,45H,3-7,14-15,17-20,35-39H2,1-2H3,(H,40,48)(H,41,42,43,44)/t21?,22-,23+,24-,25+. The zero-order valence-electron chi connectivity index (χ0n) is 29.5. The molecular weight excluding hydrogens is 671 g/mol. The van der Waals surface area contributed by atoms with Gasteiger partial charge in [0.1, 0.15) is 0 Å². The smallest absolute Gasteiger partial charge is 0.261 e. The predicted octanol–water partition coefficient (Wildman–Crippen LogP) is 2.27. The van der Waals surface area contributed by atoms with Crippen LogP contribution in [0.15, 0.2) is 47.4 Å². The number of unbranched alkanes of at least 4 members (excludes halogenated alkanes) is 2. The fourth-order valence-corrected chi connectivity index (χ4v) is 7.65. The van der Waals surface area contributed by atoms with E-state index in [2.05, 4.69) is 32.2 Å². The van der Waals surface area contributed by atoms with E-state index in [0.29, 0.717) is 62.3 Å². The molecule has 1 unspecified atom stereocenters. The van der Waals surface area contributed by atoms with E-state index in [4.69, 9.17) is 33.7 Å². The number of rotatable bonds is 14. The molecule has 51 heavy (non-hydrogen) atoms. The number of nitrogens with one attached hydrogen (secondary N) is 3. The Kier molecular flexibility index (Phi) is 12.5. The number of sulfonamides is 1. The summed E-state index contributed by atoms with van der Waals surface area (Å²) < 4.78 is 29.1. The Morgan fingerprint density at radius 2 is 1.37 bits per heavy atom. The number of carbonyl (C=O) groups excluding carboxylic acids is 1. The SMILES string of the molecule is CCCCCC(CC)C(=O)Nc1ccc(S(=O)(=O)Nc2ccc(Nc3nc(N4C[C@H](N)C[C@H](N)C4)nc(N4C[C@H](N)C[C@H](N)C4)n3)cc2N)cc1. The molecule has 2 aliphatic rings. The second kappa shape index (κ2) is 16.8. The summed E-state index contributed by atoms with van der Waals surface area (Å²) in [6.07, 6.45) is 6.15. The number of aromatic nitrogens is 3. The largest absolute Gasteiger partial charge is 0.397 e. The predicted molar refractivity (Wildman–Crippen MR) is 203 cm³/mol. The van der Waals surface area contributed by atoms with Gasteiger partial charge in [-0.1, -0.05) is 33.1 Å². The molecule has 0 aliphatic carbocycles. The highest BCUT2D eigenvalue weighted by Gasteiger charge is 2.29. The molecule has 278 valence electrons. The quantitative estimate of drug-likeness (QED) is 0.0877. The van der Waals surface area contributed by atoms with Gasteiger partial charge in [-0.05, 0) is 68.1 Å². The molecule has 17 heteroatoms. The van der Waals surface area contributed by atoms with Crippen molar-refractivity contribution < 1.29 is 13.2 Å². The summed E-state index contributed by atoms with van der Waals surface area (Å²) in [5.41, 5.74) is 32.8. The molecule has 0 saturated carbocycles. The van der Waals surface area contributed by atoms with Crippen molar-refractivity contribution in [3.05, 3.63) is 42.5 Å². The van der Waals surface area contributed by atoms with E-state index in [1.165, 1.54) is 12.1 Å². The van der Waals surface area contributed by atoms with Crippen molar-refractivity contribution in [1.29, 1.82) is 0 Å². The maximum Gasteiger partial charge on any atom is 0.261 e. The summed E-state index contributed by atoms with van der Waals surface area (Å²) in [5.74, 6) is 0.938. The third-order valence-corrected chi connectivity index (χ3v) is 10.6. The van der Waals surface area contributed by atoms with Crippen LogP contribution < -0.4 is 53.8 Å². The van der Waals surface area contributed by atoms with Gasteiger partial charge in [0, 0.05) is 67.6 Å². The molecule has 5 rings (SSSR count). The van der Waals surface area contributed by atoms with Gasteiger partial charge in [-0.2, -0.15) is 15.0 Å². The average Bonchev–Trinajstić information content (AvgIpc) is 3.07. The van der Waals surface area contributed by atoms with Gasteiger partial charge < -0.3 is 49.1 Å². The first-order valence-corrected chi connectivity index (χ1v) is 19.2. The first-order chi connectivity index (χ1) is 24.3. The number of hydrogen-bond acceptors (Lipinski definition) is 14. The summed E-state index contributed by atoms with van der Waals surface area (Å²) in [6, 6.07) is 10.3. The van der Waals surface area contributed by atoms with Crippen LogP contribution in [0, 0.1) is 5.92 Å². The van der Waals surface area contributed by atoms with Gasteiger partial charge in [-0.15, -0.1) is 0 Å². The van der Waals surface area contributed by atoms with Crippen molar-refractivity contribution in [3.63, 3.8) is 0 Å². The van der Waals surface area contributed by atoms with E-state index in [1.807, 2.05) is 16.7 Å². The Morgan fingerprint density at radius 3 is 1.88 bits per heavy atom. The first-order valence-electron chi connectivity index (χ1n) is 17.7. The van der Waals surface area contributed by atoms with Gasteiger partial charge in [-0.3, -0.25) is 9.52 Å². The Balaban J connectivity index is 1.29. The normalized spacial score (nSPS) is 21.6. The topological polar surface area (TPSA) is 263 Å². The van der Waals surface area contributed by atoms with E-state index >= 15 is 0 Å². The Bertz CT molecular complexity index is 1680. The van der Waals surface area contributed by atoms with Gasteiger partial charge in [0.25, 0.3) is 10.0 Å². The van der Waals surface area contributed by atoms with E-state index in [-0.39, 0.29) is 58.2 Å². The third kappa shape index (κ3) is 10.2. The molecule has 16 nitrogen and oxygen atoms in total. The lowest BCUT2D eigenvalue weighted by atomic mass is 9.97. The molecule has 1 amide bonds. The van der Waals surface area contributed by atoms with Crippen molar-refractivity contribution >= 4 is 56.5 Å². The van der Waals surface area contributed by atoms with Gasteiger partial charge in [0.05, 0.1) is 16.3 Å². The van der Waals surface area contributed by atoms with Crippen LogP contribution in [-0.2, 0) is 14.8 Å². The summed E-state index contributed by atoms with van der Waals surface area (Å²) in [6.45, 7) is 6.27. The fourth-order valence-electron chi connectivity index (χ4n) is 6.57. The highest BCUT2D eigenvalue weighted by atomic mass is 32.2. The first kappa shape index (κ1) is 38.0. The van der Waals surface area contributed by atoms with Gasteiger partial charge in [-0.25, -0.2) is 8.42 Å². The van der Waals surface area contributed by atoms with Crippen LogP contribution in [0.4, 0.5) is 40.6 Å². The van der Waals surface area contributed by atoms with E-state index in [1.54, 1.807) is 30.3 Å². The Labute approximate surface area is 300 Å². The van der Waals surface area contributed by atoms with Crippen LogP contribution >= 0.6 is 0 Å². The van der Waals surface area contributed by atoms with Gasteiger partial charge in [0.2, 0.25) is 23.8 Å². The van der Waals surface area contributed by atoms with E-state index in [0.717, 1.165) is 32.1 Å². The number of amides is 1. The van der Waals surface area contributed by atoms with Gasteiger partial charge >= 0.3 is 0 Å². The average molecular weight is 724 g/mol. The number of nitrogen functional groups attached to an aromatic ring is 1. The van der Waals surface area contributed by atoms with E-state index < -0.39 is 10.0 Å². The lowest BCUT2D eigenvalue weighted by Crippen LogP contribution is -2.54. The second-order valence-corrected chi connectivity index (χ2v) is 15.4. The monoisotopic (exact) mass is 723 g/mol. The third-order valence-electron chi connectivity index (χ3n) is 9.21. The van der Waals surface area contributed by atoms with Crippen LogP contribution in [0.2, 0.25) is 0 Å². The summed E-state index contributed by atoms with van der Waals surface area (Å²) in [4.78, 5) is 30.8. The molecule has 13 N–H and O–H groups in total. The minimum absolute atomic E-state index is 0.0247. The van der Waals surface area contributed by atoms with Crippen molar-refractivity contribution in [3.8, 4) is 0 Å². The lowest BCUT2D eigenvalue weighted by molar-refractivity contribution is -0.120. The van der Waals surface area contributed by atoms with Crippen LogP contribution in [0.25, 0.3) is 0 Å². The Hall–Kier alpha value is -4.29. The van der Waals surface area contributed by atoms with Crippen LogP contribution in [0.1, 0.15) is 58.8 Å². The number of carbonyl (C=O) groups is 1. The molecule has 5 atom stereocenters.